The van der Waals surface area contributed by atoms with Crippen LogP contribution in [0.15, 0.2) is 41.2 Å². The number of nitrogens with one attached hydrogen (secondary N) is 1. The van der Waals surface area contributed by atoms with E-state index in [0.717, 1.165) is 0 Å². The lowest BCUT2D eigenvalue weighted by Gasteiger charge is -2.34. The van der Waals surface area contributed by atoms with Crippen molar-refractivity contribution in [2.24, 2.45) is 0 Å². The number of hydrogen-bond acceptors (Lipinski definition) is 4. The Hall–Kier alpha value is -2.58. The Morgan fingerprint density at radius 3 is 2.32 bits per heavy atom. The van der Waals surface area contributed by atoms with Crippen molar-refractivity contribution in [1.29, 1.82) is 0 Å². The van der Waals surface area contributed by atoms with Gasteiger partial charge in [0.1, 0.15) is 0 Å². The molecule has 2 heterocycles. The number of carbonyl (C=O) groups excluding carboxylic acids is 2. The summed E-state index contributed by atoms with van der Waals surface area (Å²) in [6, 6.07) is 8.93. The normalized spacial score (nSPS) is 15.1. The standard InChI is InChI=1S/C23H18Cl4N4O3/c1-11-7-14-18(10-30(11)21(33)13-3-5-15(24)16(25)9-13)29-23(27)31(22(14)34)19-6-4-12(8-17(19)26)20(32)28-2/h3-6,8-9,11H,7,10H2,1-2H3,(H,28,32)/t11-/m1/s1. The fourth-order valence-electron chi connectivity index (χ4n) is 3.88. The number of hydrogen-bond donors (Lipinski definition) is 1. The van der Waals surface area contributed by atoms with Crippen molar-refractivity contribution in [2.45, 2.75) is 25.9 Å². The smallest absolute Gasteiger partial charge is 0.262 e. The second kappa shape index (κ2) is 9.58. The van der Waals surface area contributed by atoms with Crippen LogP contribution in [0.4, 0.5) is 0 Å². The molecule has 4 rings (SSSR count). The molecule has 2 amide bonds. The lowest BCUT2D eigenvalue weighted by atomic mass is 9.98. The molecule has 0 fully saturated rings. The minimum atomic E-state index is -0.377. The molecule has 34 heavy (non-hydrogen) atoms. The highest BCUT2D eigenvalue weighted by Gasteiger charge is 2.32. The van der Waals surface area contributed by atoms with Crippen molar-refractivity contribution in [3.05, 3.63) is 89.5 Å². The van der Waals surface area contributed by atoms with Crippen LogP contribution in [0.2, 0.25) is 20.4 Å². The molecule has 0 unspecified atom stereocenters. The third-order valence-electron chi connectivity index (χ3n) is 5.68. The molecular weight excluding hydrogens is 522 g/mol. The molecular formula is C23H18Cl4N4O3. The number of halogens is 4. The van der Waals surface area contributed by atoms with Gasteiger partial charge in [0.25, 0.3) is 17.4 Å². The number of carbonyl (C=O) groups is 2. The summed E-state index contributed by atoms with van der Waals surface area (Å²) in [5.74, 6) is -0.567. The van der Waals surface area contributed by atoms with Crippen molar-refractivity contribution >= 4 is 58.2 Å². The monoisotopic (exact) mass is 538 g/mol. The number of nitrogens with zero attached hydrogens (tertiary/aromatic N) is 3. The van der Waals surface area contributed by atoms with Gasteiger partial charge in [0.05, 0.1) is 33.0 Å². The maximum atomic E-state index is 13.4. The van der Waals surface area contributed by atoms with Gasteiger partial charge in [-0.15, -0.1) is 0 Å². The molecule has 0 aliphatic carbocycles. The lowest BCUT2D eigenvalue weighted by Crippen LogP contribution is -2.45. The topological polar surface area (TPSA) is 84.3 Å². The Morgan fingerprint density at radius 2 is 1.68 bits per heavy atom. The zero-order valence-corrected chi connectivity index (χ0v) is 21.1. The van der Waals surface area contributed by atoms with Crippen LogP contribution in [0.1, 0.15) is 38.9 Å². The van der Waals surface area contributed by atoms with Gasteiger partial charge in [-0.25, -0.2) is 9.55 Å². The Balaban J connectivity index is 1.72. The molecule has 0 radical (unpaired) electrons. The predicted molar refractivity (Wildman–Crippen MR) is 133 cm³/mol. The minimum Gasteiger partial charge on any atom is -0.355 e. The Bertz CT molecular complexity index is 1390. The van der Waals surface area contributed by atoms with Crippen LogP contribution in [-0.4, -0.2) is 39.4 Å². The lowest BCUT2D eigenvalue weighted by molar-refractivity contribution is 0.0653. The van der Waals surface area contributed by atoms with Crippen LogP contribution in [-0.2, 0) is 13.0 Å². The zero-order chi connectivity index (χ0) is 24.7. The van der Waals surface area contributed by atoms with Gasteiger partial charge >= 0.3 is 0 Å². The molecule has 7 nitrogen and oxygen atoms in total. The highest BCUT2D eigenvalue weighted by Crippen LogP contribution is 2.29. The SMILES string of the molecule is CNC(=O)c1ccc(-n2c(Cl)nc3c(c2=O)C[C@@H](C)N(C(=O)c2ccc(Cl)c(Cl)c2)C3)c(Cl)c1. The fraction of sp³-hybridized carbons (Fsp3) is 0.217. The van der Waals surface area contributed by atoms with Crippen molar-refractivity contribution in [3.63, 3.8) is 0 Å². The van der Waals surface area contributed by atoms with E-state index in [-0.39, 0.29) is 51.7 Å². The van der Waals surface area contributed by atoms with Crippen LogP contribution in [0.5, 0.6) is 0 Å². The van der Waals surface area contributed by atoms with Crippen molar-refractivity contribution < 1.29 is 9.59 Å². The number of fused-ring (bicyclic) bond motifs is 1. The molecule has 1 atom stereocenters. The summed E-state index contributed by atoms with van der Waals surface area (Å²) in [5.41, 5.74) is 1.51. The molecule has 0 spiro atoms. The summed E-state index contributed by atoms with van der Waals surface area (Å²) < 4.78 is 1.21. The summed E-state index contributed by atoms with van der Waals surface area (Å²) in [7, 11) is 1.51. The van der Waals surface area contributed by atoms with Crippen LogP contribution in [0, 0.1) is 0 Å². The molecule has 3 aromatic rings. The Kier molecular flexibility index (Phi) is 6.92. The number of aromatic nitrogens is 2. The maximum Gasteiger partial charge on any atom is 0.262 e. The zero-order valence-electron chi connectivity index (χ0n) is 18.0. The molecule has 1 aliphatic heterocycles. The predicted octanol–water partition coefficient (Wildman–Crippen LogP) is 4.79. The van der Waals surface area contributed by atoms with Crippen molar-refractivity contribution in [2.75, 3.05) is 7.05 Å². The first kappa shape index (κ1) is 24.5. The highest BCUT2D eigenvalue weighted by atomic mass is 35.5. The average Bonchev–Trinajstić information content (AvgIpc) is 2.81. The highest BCUT2D eigenvalue weighted by molar-refractivity contribution is 6.42. The van der Waals surface area contributed by atoms with Gasteiger partial charge in [-0.3, -0.25) is 14.4 Å². The largest absolute Gasteiger partial charge is 0.355 e. The van der Waals surface area contributed by atoms with Gasteiger partial charge < -0.3 is 10.2 Å². The van der Waals surface area contributed by atoms with Crippen molar-refractivity contribution in [3.8, 4) is 5.69 Å². The van der Waals surface area contributed by atoms with Crippen molar-refractivity contribution in [1.82, 2.24) is 19.8 Å². The molecule has 1 aliphatic rings. The van der Waals surface area contributed by atoms with E-state index in [0.29, 0.717) is 33.1 Å². The van der Waals surface area contributed by atoms with E-state index in [2.05, 4.69) is 10.3 Å². The molecule has 0 saturated carbocycles. The van der Waals surface area contributed by atoms with E-state index in [1.165, 1.54) is 23.7 Å². The van der Waals surface area contributed by atoms with Gasteiger partial charge in [-0.1, -0.05) is 34.8 Å². The van der Waals surface area contributed by atoms with Crippen LogP contribution in [0.3, 0.4) is 0 Å². The van der Waals surface area contributed by atoms with Gasteiger partial charge in [0, 0.05) is 29.8 Å². The molecule has 1 aromatic heterocycles. The first-order chi connectivity index (χ1) is 16.1. The van der Waals surface area contributed by atoms with Crippen LogP contribution in [0.25, 0.3) is 5.69 Å². The second-order valence-electron chi connectivity index (χ2n) is 7.81. The van der Waals surface area contributed by atoms with E-state index in [9.17, 15) is 14.4 Å². The number of amides is 2. The summed E-state index contributed by atoms with van der Waals surface area (Å²) in [4.78, 5) is 44.4. The van der Waals surface area contributed by atoms with E-state index in [4.69, 9.17) is 46.4 Å². The van der Waals surface area contributed by atoms with Gasteiger partial charge in [0.2, 0.25) is 5.28 Å². The number of benzene rings is 2. The van der Waals surface area contributed by atoms with Gasteiger partial charge in [-0.2, -0.15) is 0 Å². The van der Waals surface area contributed by atoms with E-state index < -0.39 is 0 Å². The summed E-state index contributed by atoms with van der Waals surface area (Å²) in [6.07, 6.45) is 0.277. The average molecular weight is 540 g/mol. The third kappa shape index (κ3) is 4.41. The maximum absolute atomic E-state index is 13.4. The summed E-state index contributed by atoms with van der Waals surface area (Å²) in [6.45, 7) is 1.95. The fourth-order valence-corrected chi connectivity index (χ4v) is 4.71. The first-order valence-corrected chi connectivity index (χ1v) is 11.7. The molecule has 2 aromatic carbocycles. The van der Waals surface area contributed by atoms with Gasteiger partial charge in [0.15, 0.2) is 0 Å². The van der Waals surface area contributed by atoms with E-state index in [1.54, 1.807) is 29.2 Å². The third-order valence-corrected chi connectivity index (χ3v) is 6.97. The van der Waals surface area contributed by atoms with E-state index in [1.807, 2.05) is 6.92 Å². The molecule has 1 N–H and O–H groups in total. The summed E-state index contributed by atoms with van der Waals surface area (Å²) >= 11 is 24.8. The van der Waals surface area contributed by atoms with Crippen LogP contribution < -0.4 is 10.9 Å². The molecule has 0 saturated heterocycles. The quantitative estimate of drug-likeness (QED) is 0.485. The Morgan fingerprint density at radius 1 is 1.00 bits per heavy atom. The molecule has 176 valence electrons. The van der Waals surface area contributed by atoms with Crippen LogP contribution >= 0.6 is 46.4 Å². The Labute approximate surface area is 215 Å². The van der Waals surface area contributed by atoms with Gasteiger partial charge in [-0.05, 0) is 61.3 Å². The molecule has 11 heteroatoms. The van der Waals surface area contributed by atoms with E-state index >= 15 is 0 Å². The second-order valence-corrected chi connectivity index (χ2v) is 9.37. The number of rotatable bonds is 3. The summed E-state index contributed by atoms with van der Waals surface area (Å²) in [5, 5.41) is 3.22. The minimum absolute atomic E-state index is 0.102. The molecule has 0 bridgehead atoms. The first-order valence-electron chi connectivity index (χ1n) is 10.2.